The molecule has 0 radical (unpaired) electrons. The van der Waals surface area contributed by atoms with E-state index in [1.165, 1.54) is 10.4 Å². The van der Waals surface area contributed by atoms with Crippen LogP contribution >= 0.6 is 0 Å². The molecule has 1 N–H and O–H groups in total. The molecule has 2 nitrogen and oxygen atoms in total. The SMILES string of the molecule is C=C[C@@H](C)C[C@@H](O)CCCCO[Si](c1ccccc1)(c1ccccc1)C(C)(C)C. The first kappa shape index (κ1) is 23.6. The highest BCUT2D eigenvalue weighted by molar-refractivity contribution is 6.99. The van der Waals surface area contributed by atoms with Crippen LogP contribution in [-0.2, 0) is 4.43 Å². The number of hydrogen-bond acceptors (Lipinski definition) is 2. The Bertz CT molecular complexity index is 682. The van der Waals surface area contributed by atoms with E-state index in [2.05, 4.69) is 94.9 Å². The van der Waals surface area contributed by atoms with Crippen LogP contribution < -0.4 is 10.4 Å². The van der Waals surface area contributed by atoms with E-state index >= 15 is 0 Å². The number of rotatable bonds is 11. The van der Waals surface area contributed by atoms with E-state index in [4.69, 9.17) is 4.43 Å². The van der Waals surface area contributed by atoms with Crippen LogP contribution in [0.3, 0.4) is 0 Å². The first-order chi connectivity index (χ1) is 13.8. The Hall–Kier alpha value is -1.68. The Labute approximate surface area is 178 Å². The van der Waals surface area contributed by atoms with E-state index in [-0.39, 0.29) is 11.1 Å². The van der Waals surface area contributed by atoms with Gasteiger partial charge in [0.15, 0.2) is 0 Å². The molecule has 0 aliphatic carbocycles. The third kappa shape index (κ3) is 6.15. The van der Waals surface area contributed by atoms with Crippen molar-refractivity contribution in [1.29, 1.82) is 0 Å². The third-order valence-corrected chi connectivity index (χ3v) is 10.8. The summed E-state index contributed by atoms with van der Waals surface area (Å²) in [6.07, 6.45) is 5.21. The number of allylic oxidation sites excluding steroid dienone is 1. The number of aliphatic hydroxyl groups excluding tert-OH is 1. The molecule has 158 valence electrons. The lowest BCUT2D eigenvalue weighted by molar-refractivity contribution is 0.138. The molecule has 2 atom stereocenters. The van der Waals surface area contributed by atoms with Crippen LogP contribution in [-0.4, -0.2) is 26.1 Å². The van der Waals surface area contributed by atoms with Crippen molar-refractivity contribution >= 4 is 18.7 Å². The zero-order valence-electron chi connectivity index (χ0n) is 18.6. The van der Waals surface area contributed by atoms with Gasteiger partial charge >= 0.3 is 0 Å². The Kier molecular flexibility index (Phi) is 8.88. The molecule has 2 aromatic carbocycles. The van der Waals surface area contributed by atoms with Crippen molar-refractivity contribution in [1.82, 2.24) is 0 Å². The maximum absolute atomic E-state index is 10.2. The number of benzene rings is 2. The minimum atomic E-state index is -2.43. The molecule has 0 amide bonds. The molecule has 0 saturated carbocycles. The molecule has 0 fully saturated rings. The zero-order chi connectivity index (χ0) is 21.3. The summed E-state index contributed by atoms with van der Waals surface area (Å²) in [6.45, 7) is 13.5. The molecule has 0 heterocycles. The Morgan fingerprint density at radius 1 is 0.966 bits per heavy atom. The summed E-state index contributed by atoms with van der Waals surface area (Å²) in [5.74, 6) is 0.360. The molecular weight excluding hydrogens is 372 g/mol. The highest BCUT2D eigenvalue weighted by Gasteiger charge is 2.49. The van der Waals surface area contributed by atoms with Gasteiger partial charge in [-0.25, -0.2) is 0 Å². The summed E-state index contributed by atoms with van der Waals surface area (Å²) >= 11 is 0. The van der Waals surface area contributed by atoms with E-state index in [0.29, 0.717) is 5.92 Å². The Balaban J connectivity index is 2.14. The molecule has 3 heteroatoms. The number of aliphatic hydroxyl groups is 1. The monoisotopic (exact) mass is 410 g/mol. The summed E-state index contributed by atoms with van der Waals surface area (Å²) in [5.41, 5.74) is 0. The second-order valence-electron chi connectivity index (χ2n) is 9.11. The van der Waals surface area contributed by atoms with Gasteiger partial charge in [-0.2, -0.15) is 0 Å². The van der Waals surface area contributed by atoms with Gasteiger partial charge in [-0.15, -0.1) is 6.58 Å². The van der Waals surface area contributed by atoms with Crippen molar-refractivity contribution in [2.75, 3.05) is 6.61 Å². The average molecular weight is 411 g/mol. The summed E-state index contributed by atoms with van der Waals surface area (Å²) in [4.78, 5) is 0. The highest BCUT2D eigenvalue weighted by atomic mass is 28.4. The van der Waals surface area contributed by atoms with Crippen LogP contribution in [0.1, 0.15) is 53.4 Å². The van der Waals surface area contributed by atoms with Crippen LogP contribution in [0.4, 0.5) is 0 Å². The highest BCUT2D eigenvalue weighted by Crippen LogP contribution is 2.36. The van der Waals surface area contributed by atoms with Gasteiger partial charge < -0.3 is 9.53 Å². The van der Waals surface area contributed by atoms with Gasteiger partial charge in [0.1, 0.15) is 0 Å². The van der Waals surface area contributed by atoms with Crippen molar-refractivity contribution in [3.05, 3.63) is 73.3 Å². The summed E-state index contributed by atoms with van der Waals surface area (Å²) < 4.78 is 6.89. The van der Waals surface area contributed by atoms with Crippen molar-refractivity contribution in [2.24, 2.45) is 5.92 Å². The normalized spacial score (nSPS) is 14.4. The minimum Gasteiger partial charge on any atom is -0.407 e. The lowest BCUT2D eigenvalue weighted by Crippen LogP contribution is -2.66. The van der Waals surface area contributed by atoms with E-state index in [0.717, 1.165) is 32.3 Å². The molecule has 0 bridgehead atoms. The van der Waals surface area contributed by atoms with E-state index in [1.807, 2.05) is 6.08 Å². The first-order valence-electron chi connectivity index (χ1n) is 10.9. The third-order valence-electron chi connectivity index (χ3n) is 5.71. The Morgan fingerprint density at radius 2 is 1.48 bits per heavy atom. The summed E-state index contributed by atoms with van der Waals surface area (Å²) in [6, 6.07) is 21.5. The van der Waals surface area contributed by atoms with Crippen LogP contribution in [0.5, 0.6) is 0 Å². The molecule has 29 heavy (non-hydrogen) atoms. The fourth-order valence-corrected chi connectivity index (χ4v) is 8.72. The summed E-state index contributed by atoms with van der Waals surface area (Å²) in [7, 11) is -2.43. The van der Waals surface area contributed by atoms with Crippen LogP contribution in [0.2, 0.25) is 5.04 Å². The molecule has 0 unspecified atom stereocenters. The van der Waals surface area contributed by atoms with Crippen LogP contribution in [0.25, 0.3) is 0 Å². The molecule has 0 spiro atoms. The molecule has 0 aliphatic rings. The van der Waals surface area contributed by atoms with Gasteiger partial charge in [0.25, 0.3) is 8.32 Å². The number of hydrogen-bond donors (Lipinski definition) is 1. The van der Waals surface area contributed by atoms with Crippen LogP contribution in [0.15, 0.2) is 73.3 Å². The lowest BCUT2D eigenvalue weighted by Gasteiger charge is -2.43. The zero-order valence-corrected chi connectivity index (χ0v) is 19.6. The van der Waals surface area contributed by atoms with E-state index in [1.54, 1.807) is 0 Å². The number of unbranched alkanes of at least 4 members (excludes halogenated alkanes) is 1. The predicted octanol–water partition coefficient (Wildman–Crippen LogP) is 5.31. The average Bonchev–Trinajstić information content (AvgIpc) is 2.71. The van der Waals surface area contributed by atoms with Crippen LogP contribution in [0, 0.1) is 5.92 Å². The standard InChI is InChI=1S/C26H38O2Si/c1-6-22(2)21-23(27)15-13-14-20-28-29(26(3,4)5,24-16-9-7-10-17-24)25-18-11-8-12-19-25/h6-12,16-19,22-23,27H,1,13-15,20-21H2,2-5H3/t22-,23+/m1/s1. The molecule has 2 rings (SSSR count). The van der Waals surface area contributed by atoms with Gasteiger partial charge in [-0.3, -0.25) is 0 Å². The van der Waals surface area contributed by atoms with Gasteiger partial charge in [-0.1, -0.05) is 94.4 Å². The van der Waals surface area contributed by atoms with E-state index < -0.39 is 8.32 Å². The smallest absolute Gasteiger partial charge is 0.261 e. The maximum atomic E-state index is 10.2. The molecule has 0 aromatic heterocycles. The van der Waals surface area contributed by atoms with Gasteiger partial charge in [0, 0.05) is 6.61 Å². The van der Waals surface area contributed by atoms with E-state index in [9.17, 15) is 5.11 Å². The molecule has 0 aliphatic heterocycles. The fourth-order valence-electron chi connectivity index (χ4n) is 4.11. The molecular formula is C26H38O2Si. The predicted molar refractivity (Wildman–Crippen MR) is 127 cm³/mol. The Morgan fingerprint density at radius 3 is 1.93 bits per heavy atom. The van der Waals surface area contributed by atoms with Gasteiger partial charge in [0.05, 0.1) is 6.10 Å². The van der Waals surface area contributed by atoms with Crippen molar-refractivity contribution in [3.8, 4) is 0 Å². The van der Waals surface area contributed by atoms with Gasteiger partial charge in [-0.05, 0) is 47.0 Å². The van der Waals surface area contributed by atoms with Crippen molar-refractivity contribution < 1.29 is 9.53 Å². The lowest BCUT2D eigenvalue weighted by atomic mass is 10.0. The van der Waals surface area contributed by atoms with Gasteiger partial charge in [0.2, 0.25) is 0 Å². The molecule has 0 saturated heterocycles. The second kappa shape index (κ2) is 10.9. The molecule has 2 aromatic rings. The quantitative estimate of drug-likeness (QED) is 0.309. The minimum absolute atomic E-state index is 0.00854. The topological polar surface area (TPSA) is 29.5 Å². The summed E-state index contributed by atoms with van der Waals surface area (Å²) in [5, 5.41) is 12.9. The fraction of sp³-hybridized carbons (Fsp3) is 0.462. The van der Waals surface area contributed by atoms with Crippen molar-refractivity contribution in [2.45, 2.75) is 64.5 Å². The largest absolute Gasteiger partial charge is 0.407 e. The van der Waals surface area contributed by atoms with Crippen molar-refractivity contribution in [3.63, 3.8) is 0 Å². The second-order valence-corrected chi connectivity index (χ2v) is 13.4. The maximum Gasteiger partial charge on any atom is 0.261 e. The first-order valence-corrected chi connectivity index (χ1v) is 12.8.